The van der Waals surface area contributed by atoms with Crippen molar-refractivity contribution in [3.8, 4) is 0 Å². The highest BCUT2D eigenvalue weighted by molar-refractivity contribution is 5.81. The molecule has 3 nitrogen and oxygen atoms in total. The molecule has 2 atom stereocenters. The first-order chi connectivity index (χ1) is 8.40. The highest BCUT2D eigenvalue weighted by atomic mass is 16.5. The van der Waals surface area contributed by atoms with E-state index in [2.05, 4.69) is 17.1 Å². The highest BCUT2D eigenvalue weighted by Gasteiger charge is 2.30. The minimum absolute atomic E-state index is 0.0152. The Morgan fingerprint density at radius 1 is 1.29 bits per heavy atom. The van der Waals surface area contributed by atoms with E-state index in [0.29, 0.717) is 0 Å². The number of aromatic nitrogens is 1. The minimum atomic E-state index is -0.0152. The Kier molecular flexibility index (Phi) is 2.79. The van der Waals surface area contributed by atoms with Crippen LogP contribution in [0.15, 0.2) is 36.5 Å². The molecule has 0 spiro atoms. The number of rotatable bonds is 2. The minimum Gasteiger partial charge on any atom is -0.396 e. The number of aliphatic hydroxyl groups excluding tert-OH is 1. The van der Waals surface area contributed by atoms with Crippen molar-refractivity contribution in [3.63, 3.8) is 0 Å². The van der Waals surface area contributed by atoms with Gasteiger partial charge in [-0.25, -0.2) is 0 Å². The van der Waals surface area contributed by atoms with Gasteiger partial charge in [0.2, 0.25) is 0 Å². The van der Waals surface area contributed by atoms with Gasteiger partial charge in [-0.15, -0.1) is 0 Å². The molecule has 1 aliphatic heterocycles. The van der Waals surface area contributed by atoms with Gasteiger partial charge in [-0.05, 0) is 12.5 Å². The third-order valence-electron chi connectivity index (χ3n) is 3.42. The Hall–Kier alpha value is -1.45. The summed E-state index contributed by atoms with van der Waals surface area (Å²) in [7, 11) is 0. The number of hydrogen-bond acceptors (Lipinski definition) is 3. The van der Waals surface area contributed by atoms with Crippen molar-refractivity contribution in [2.45, 2.75) is 12.5 Å². The first-order valence-electron chi connectivity index (χ1n) is 5.96. The molecule has 1 aromatic heterocycles. The van der Waals surface area contributed by atoms with E-state index in [1.54, 1.807) is 6.20 Å². The molecule has 88 valence electrons. The zero-order valence-corrected chi connectivity index (χ0v) is 9.54. The Labute approximate surface area is 100 Å². The van der Waals surface area contributed by atoms with Crippen molar-refractivity contribution in [1.29, 1.82) is 0 Å². The maximum absolute atomic E-state index is 9.37. The fourth-order valence-electron chi connectivity index (χ4n) is 2.52. The van der Waals surface area contributed by atoms with Crippen LogP contribution in [0.5, 0.6) is 0 Å². The van der Waals surface area contributed by atoms with E-state index in [9.17, 15) is 5.11 Å². The Balaban J connectivity index is 2.10. The third kappa shape index (κ3) is 1.81. The van der Waals surface area contributed by atoms with Gasteiger partial charge in [-0.2, -0.15) is 0 Å². The largest absolute Gasteiger partial charge is 0.396 e. The van der Waals surface area contributed by atoms with E-state index >= 15 is 0 Å². The van der Waals surface area contributed by atoms with Gasteiger partial charge < -0.3 is 9.84 Å². The van der Waals surface area contributed by atoms with E-state index in [0.717, 1.165) is 29.5 Å². The van der Waals surface area contributed by atoms with Gasteiger partial charge in [0.1, 0.15) is 0 Å². The van der Waals surface area contributed by atoms with Gasteiger partial charge in [-0.1, -0.05) is 24.3 Å². The second-order valence-electron chi connectivity index (χ2n) is 4.45. The lowest BCUT2D eigenvalue weighted by molar-refractivity contribution is 0.0730. The molecular weight excluding hydrogens is 214 g/mol. The average Bonchev–Trinajstić information content (AvgIpc) is 2.86. The van der Waals surface area contributed by atoms with E-state index in [-0.39, 0.29) is 18.6 Å². The van der Waals surface area contributed by atoms with Crippen LogP contribution in [-0.2, 0) is 4.74 Å². The lowest BCUT2D eigenvalue weighted by Gasteiger charge is -2.18. The van der Waals surface area contributed by atoms with Gasteiger partial charge in [0.05, 0.1) is 11.6 Å². The van der Waals surface area contributed by atoms with Crippen LogP contribution < -0.4 is 0 Å². The zero-order valence-electron chi connectivity index (χ0n) is 9.54. The maximum Gasteiger partial charge on any atom is 0.0896 e. The average molecular weight is 229 g/mol. The molecule has 1 N–H and O–H groups in total. The Morgan fingerprint density at radius 3 is 3.06 bits per heavy atom. The van der Waals surface area contributed by atoms with Gasteiger partial charge in [-0.3, -0.25) is 4.98 Å². The first-order valence-corrected chi connectivity index (χ1v) is 5.96. The van der Waals surface area contributed by atoms with E-state index in [1.165, 1.54) is 0 Å². The number of hydrogen-bond donors (Lipinski definition) is 1. The second kappa shape index (κ2) is 4.43. The lowest BCUT2D eigenvalue weighted by atomic mass is 9.94. The fourth-order valence-corrected chi connectivity index (χ4v) is 2.52. The summed E-state index contributed by atoms with van der Waals surface area (Å²) in [6.07, 6.45) is 2.71. The number of ether oxygens (including phenoxy) is 1. The van der Waals surface area contributed by atoms with Crippen molar-refractivity contribution in [1.82, 2.24) is 4.98 Å². The van der Waals surface area contributed by atoms with Crippen LogP contribution in [0.3, 0.4) is 0 Å². The van der Waals surface area contributed by atoms with Crippen LogP contribution in [0, 0.1) is 5.92 Å². The normalized spacial score (nSPS) is 24.3. The summed E-state index contributed by atoms with van der Waals surface area (Å²) in [5, 5.41) is 10.5. The van der Waals surface area contributed by atoms with Crippen molar-refractivity contribution >= 4 is 10.9 Å². The van der Waals surface area contributed by atoms with Gasteiger partial charge >= 0.3 is 0 Å². The van der Waals surface area contributed by atoms with E-state index in [4.69, 9.17) is 4.74 Å². The predicted octanol–water partition coefficient (Wildman–Crippen LogP) is 2.30. The van der Waals surface area contributed by atoms with E-state index in [1.807, 2.05) is 18.2 Å². The molecule has 3 heteroatoms. The molecule has 0 amide bonds. The molecule has 1 saturated heterocycles. The SMILES string of the molecule is OCC1CCOC1c1cccc2cccnc12. The molecule has 17 heavy (non-hydrogen) atoms. The summed E-state index contributed by atoms with van der Waals surface area (Å²) in [6.45, 7) is 0.896. The maximum atomic E-state index is 9.37. The van der Waals surface area contributed by atoms with Crippen LogP contribution in [0.2, 0.25) is 0 Å². The summed E-state index contributed by atoms with van der Waals surface area (Å²) in [4.78, 5) is 4.43. The zero-order chi connectivity index (χ0) is 11.7. The summed E-state index contributed by atoms with van der Waals surface area (Å²) >= 11 is 0. The van der Waals surface area contributed by atoms with Crippen LogP contribution in [0.25, 0.3) is 10.9 Å². The summed E-state index contributed by atoms with van der Waals surface area (Å²) < 4.78 is 5.75. The summed E-state index contributed by atoms with van der Waals surface area (Å²) in [5.41, 5.74) is 2.08. The molecule has 0 radical (unpaired) electrons. The molecule has 0 bridgehead atoms. The summed E-state index contributed by atoms with van der Waals surface area (Å²) in [6, 6.07) is 10.1. The number of benzene rings is 1. The lowest BCUT2D eigenvalue weighted by Crippen LogP contribution is -2.12. The van der Waals surface area contributed by atoms with E-state index < -0.39 is 0 Å². The monoisotopic (exact) mass is 229 g/mol. The Bertz CT molecular complexity index is 521. The van der Waals surface area contributed by atoms with Crippen molar-refractivity contribution < 1.29 is 9.84 Å². The van der Waals surface area contributed by atoms with Crippen molar-refractivity contribution in [2.75, 3.05) is 13.2 Å². The molecule has 1 aliphatic rings. The first kappa shape index (κ1) is 10.7. The smallest absolute Gasteiger partial charge is 0.0896 e. The molecule has 1 aromatic carbocycles. The fraction of sp³-hybridized carbons (Fsp3) is 0.357. The number of pyridine rings is 1. The molecule has 2 heterocycles. The number of aliphatic hydroxyl groups is 1. The molecule has 2 unspecified atom stereocenters. The molecule has 3 rings (SSSR count). The Morgan fingerprint density at radius 2 is 2.18 bits per heavy atom. The van der Waals surface area contributed by atoms with Gasteiger partial charge in [0, 0.05) is 36.3 Å². The second-order valence-corrected chi connectivity index (χ2v) is 4.45. The molecule has 2 aromatic rings. The van der Waals surface area contributed by atoms with Crippen LogP contribution in [-0.4, -0.2) is 23.3 Å². The molecule has 0 aliphatic carbocycles. The quantitative estimate of drug-likeness (QED) is 0.859. The molecule has 1 fully saturated rings. The third-order valence-corrected chi connectivity index (χ3v) is 3.42. The van der Waals surface area contributed by atoms with Crippen molar-refractivity contribution in [2.24, 2.45) is 5.92 Å². The number of fused-ring (bicyclic) bond motifs is 1. The van der Waals surface area contributed by atoms with Gasteiger partial charge in [0.15, 0.2) is 0 Å². The van der Waals surface area contributed by atoms with Gasteiger partial charge in [0.25, 0.3) is 0 Å². The topological polar surface area (TPSA) is 42.4 Å². The summed E-state index contributed by atoms with van der Waals surface area (Å²) in [5.74, 6) is 0.197. The standard InChI is InChI=1S/C14H15NO2/c16-9-11-6-8-17-14(11)12-5-1-3-10-4-2-7-15-13(10)12/h1-5,7,11,14,16H,6,8-9H2. The molecule has 0 saturated carbocycles. The van der Waals surface area contributed by atoms with Crippen LogP contribution in [0.1, 0.15) is 18.1 Å². The van der Waals surface area contributed by atoms with Crippen LogP contribution in [0.4, 0.5) is 0 Å². The predicted molar refractivity (Wildman–Crippen MR) is 65.6 cm³/mol. The van der Waals surface area contributed by atoms with Crippen LogP contribution >= 0.6 is 0 Å². The number of nitrogens with zero attached hydrogens (tertiary/aromatic N) is 1. The molecular formula is C14H15NO2. The highest BCUT2D eigenvalue weighted by Crippen LogP contribution is 2.36. The van der Waals surface area contributed by atoms with Crippen molar-refractivity contribution in [3.05, 3.63) is 42.1 Å². The number of para-hydroxylation sites is 1.